The summed E-state index contributed by atoms with van der Waals surface area (Å²) in [6.07, 6.45) is 0. The number of hydrogen-bond donors (Lipinski definition) is 4. The molecule has 0 bridgehead atoms. The van der Waals surface area contributed by atoms with E-state index in [1.807, 2.05) is 60.7 Å². The van der Waals surface area contributed by atoms with Crippen molar-refractivity contribution in [2.75, 3.05) is 0 Å². The molecule has 4 N–H and O–H groups in total. The van der Waals surface area contributed by atoms with Crippen LogP contribution in [0.1, 0.15) is 0 Å². The van der Waals surface area contributed by atoms with Gasteiger partial charge in [0.1, 0.15) is 0 Å². The van der Waals surface area contributed by atoms with Gasteiger partial charge in [0.2, 0.25) is 0 Å². The summed E-state index contributed by atoms with van der Waals surface area (Å²) in [5, 5.41) is 63.7. The van der Waals surface area contributed by atoms with E-state index in [2.05, 4.69) is 400 Å². The molecule has 0 unspecified atom stereocenters. The first-order chi connectivity index (χ1) is 58.3. The maximum atomic E-state index is 9.08. The standard InChI is InChI=1S/C40H26.C30H19Br.C16H13BO2.C14H8Br2.C10H9BO2/c1-2-8-31-24-32(17-16-27(31)6-1)28-12-14-29(15-13-28)33-20-22-39-34(25-33)18-19-35-26-36(21-23-40(35)39)38-11-5-9-30-7-3-4-10-37(30)38;31-28-14-16-30-27(19-28)12-11-26-18-25(13-15-29(26)30)22-7-5-21(6-8-22)24-10-9-20-3-1-2-4-23(20)17-24;18-17(19)16-9-7-13(8-10-16)15-6-5-12-3-1-2-4-14(12)11-15;15-11-3-5-13-9(7-11)1-2-10-8-12(16)4-6-14(10)13;12-11(13)10-7-3-5-8-4-1-2-6-9(8)10/h1-26H;1-19H;1-11,18-19H;1-8H;1-7,12-13H. The third-order valence-electron chi connectivity index (χ3n) is 22.5. The minimum absolute atomic E-state index is 0.504. The second-order valence-electron chi connectivity index (χ2n) is 29.9. The summed E-state index contributed by atoms with van der Waals surface area (Å²) in [6, 6.07) is 151. The number of halogens is 3. The lowest BCUT2D eigenvalue weighted by Gasteiger charge is -2.11. The summed E-state index contributed by atoms with van der Waals surface area (Å²) in [4.78, 5) is 0. The molecule has 22 rings (SSSR count). The normalized spacial score (nSPS) is 11.2. The van der Waals surface area contributed by atoms with E-state index in [1.54, 1.807) is 18.2 Å². The summed E-state index contributed by atoms with van der Waals surface area (Å²) in [7, 11) is -2.81. The van der Waals surface area contributed by atoms with Gasteiger partial charge in [-0.2, -0.15) is 0 Å². The van der Waals surface area contributed by atoms with Gasteiger partial charge in [0, 0.05) is 13.4 Å². The first-order valence-corrected chi connectivity index (χ1v) is 42.0. The molecular formula is C110H75B2Br3O4. The second kappa shape index (κ2) is 34.7. The second-order valence-corrected chi connectivity index (χ2v) is 32.7. The number of benzene rings is 22. The molecule has 22 aromatic rings. The molecule has 9 heteroatoms. The molecule has 566 valence electrons. The van der Waals surface area contributed by atoms with Gasteiger partial charge in [-0.1, -0.05) is 406 Å². The topological polar surface area (TPSA) is 80.9 Å². The third-order valence-corrected chi connectivity index (χ3v) is 24.0. The van der Waals surface area contributed by atoms with E-state index in [1.165, 1.54) is 163 Å². The summed E-state index contributed by atoms with van der Waals surface area (Å²) < 4.78 is 3.36. The van der Waals surface area contributed by atoms with Crippen molar-refractivity contribution >= 4 is 191 Å². The quantitative estimate of drug-likeness (QED) is 0.0903. The highest BCUT2D eigenvalue weighted by Gasteiger charge is 2.16. The molecule has 119 heavy (non-hydrogen) atoms. The Kier molecular flexibility index (Phi) is 22.6. The molecule has 0 saturated carbocycles. The molecule has 0 amide bonds. The average Bonchev–Trinajstić information content (AvgIpc) is 0.837. The first kappa shape index (κ1) is 77.3. The molecule has 0 aromatic heterocycles. The fourth-order valence-electron chi connectivity index (χ4n) is 16.3. The Morgan fingerprint density at radius 3 is 0.756 bits per heavy atom. The van der Waals surface area contributed by atoms with Crippen molar-refractivity contribution in [3.63, 3.8) is 0 Å². The highest BCUT2D eigenvalue weighted by Crippen LogP contribution is 2.39. The van der Waals surface area contributed by atoms with Gasteiger partial charge in [-0.15, -0.1) is 0 Å². The molecule has 4 nitrogen and oxygen atoms in total. The van der Waals surface area contributed by atoms with E-state index in [-0.39, 0.29) is 0 Å². The molecule has 22 aromatic carbocycles. The summed E-state index contributed by atoms with van der Waals surface area (Å²) in [6.45, 7) is 0. The van der Waals surface area contributed by atoms with E-state index in [9.17, 15) is 0 Å². The van der Waals surface area contributed by atoms with Crippen LogP contribution in [0.4, 0.5) is 0 Å². The van der Waals surface area contributed by atoms with Crippen LogP contribution in [0.25, 0.3) is 185 Å². The Labute approximate surface area is 716 Å². The van der Waals surface area contributed by atoms with Gasteiger partial charge in [-0.05, 0) is 269 Å². The van der Waals surface area contributed by atoms with Crippen LogP contribution in [0.2, 0.25) is 0 Å². The molecule has 0 aliphatic carbocycles. The molecule has 0 spiro atoms. The minimum Gasteiger partial charge on any atom is -0.423 e. The first-order valence-electron chi connectivity index (χ1n) is 39.6. The summed E-state index contributed by atoms with van der Waals surface area (Å²) in [5.41, 5.74) is 15.7. The van der Waals surface area contributed by atoms with Crippen LogP contribution in [0.3, 0.4) is 0 Å². The summed E-state index contributed by atoms with van der Waals surface area (Å²) >= 11 is 10.6. The molecule has 0 heterocycles. The zero-order valence-electron chi connectivity index (χ0n) is 64.6. The lowest BCUT2D eigenvalue weighted by Crippen LogP contribution is -2.30. The van der Waals surface area contributed by atoms with Gasteiger partial charge >= 0.3 is 14.2 Å². The minimum atomic E-state index is -1.41. The lowest BCUT2D eigenvalue weighted by atomic mass is 9.77. The van der Waals surface area contributed by atoms with E-state index >= 15 is 0 Å². The van der Waals surface area contributed by atoms with Crippen LogP contribution in [-0.2, 0) is 0 Å². The van der Waals surface area contributed by atoms with Gasteiger partial charge in [0.15, 0.2) is 0 Å². The van der Waals surface area contributed by atoms with Crippen LogP contribution in [0.15, 0.2) is 444 Å². The predicted molar refractivity (Wildman–Crippen MR) is 520 cm³/mol. The van der Waals surface area contributed by atoms with Crippen molar-refractivity contribution in [2.45, 2.75) is 0 Å². The van der Waals surface area contributed by atoms with Crippen LogP contribution in [0, 0.1) is 0 Å². The Morgan fingerprint density at radius 1 is 0.151 bits per heavy atom. The van der Waals surface area contributed by atoms with E-state index in [0.29, 0.717) is 10.9 Å². The molecule has 0 saturated heterocycles. The van der Waals surface area contributed by atoms with Gasteiger partial charge in [-0.25, -0.2) is 0 Å². The van der Waals surface area contributed by atoms with Crippen LogP contribution in [0.5, 0.6) is 0 Å². The largest absolute Gasteiger partial charge is 0.489 e. The van der Waals surface area contributed by atoms with E-state index in [4.69, 9.17) is 20.1 Å². The van der Waals surface area contributed by atoms with Crippen molar-refractivity contribution in [2.24, 2.45) is 0 Å². The van der Waals surface area contributed by atoms with E-state index < -0.39 is 14.2 Å². The molecule has 0 atom stereocenters. The zero-order valence-corrected chi connectivity index (χ0v) is 69.3. The van der Waals surface area contributed by atoms with Crippen molar-refractivity contribution in [1.82, 2.24) is 0 Å². The Hall–Kier alpha value is -12.9. The predicted octanol–water partition coefficient (Wildman–Crippen LogP) is 28.8. The SMILES string of the molecule is Brc1ccc2c(ccc3cc(-c4ccc(-c5ccc6ccccc6c5)cc4)ccc32)c1.Brc1ccc2c(ccc3cc(Br)ccc32)c1.OB(O)c1ccc(-c2ccc3ccccc3c2)cc1.OB(O)c1cccc2ccccc12.c1ccc2cc(-c3ccc(-c4ccc5c(ccc6cc(-c7cccc8ccccc78)ccc65)c4)cc3)ccc2c1. The number of fused-ring (bicyclic) bond motifs is 14. The van der Waals surface area contributed by atoms with Crippen molar-refractivity contribution in [1.29, 1.82) is 0 Å². The van der Waals surface area contributed by atoms with Crippen molar-refractivity contribution in [3.05, 3.63) is 444 Å². The van der Waals surface area contributed by atoms with Gasteiger partial charge in [0.05, 0.1) is 0 Å². The third kappa shape index (κ3) is 17.0. The number of hydrogen-bond acceptors (Lipinski definition) is 4. The van der Waals surface area contributed by atoms with Crippen LogP contribution >= 0.6 is 47.8 Å². The smallest absolute Gasteiger partial charge is 0.423 e. The maximum Gasteiger partial charge on any atom is 0.489 e. The highest BCUT2D eigenvalue weighted by molar-refractivity contribution is 9.11. The van der Waals surface area contributed by atoms with Crippen molar-refractivity contribution in [3.8, 4) is 66.8 Å². The molecule has 0 fully saturated rings. The molecule has 0 aliphatic heterocycles. The monoisotopic (exact) mass is 1720 g/mol. The lowest BCUT2D eigenvalue weighted by molar-refractivity contribution is 0.424. The van der Waals surface area contributed by atoms with E-state index in [0.717, 1.165) is 35.3 Å². The Balaban J connectivity index is 0.000000109. The van der Waals surface area contributed by atoms with Gasteiger partial charge in [0.25, 0.3) is 0 Å². The summed E-state index contributed by atoms with van der Waals surface area (Å²) in [5.74, 6) is 0. The van der Waals surface area contributed by atoms with Gasteiger partial charge < -0.3 is 20.1 Å². The maximum absolute atomic E-state index is 9.08. The molecular weight excluding hydrogens is 1650 g/mol. The highest BCUT2D eigenvalue weighted by atomic mass is 79.9. The van der Waals surface area contributed by atoms with Crippen LogP contribution in [-0.4, -0.2) is 34.3 Å². The molecule has 0 aliphatic rings. The molecule has 0 radical (unpaired) electrons. The fourth-order valence-corrected chi connectivity index (χ4v) is 17.4. The van der Waals surface area contributed by atoms with Crippen LogP contribution < -0.4 is 10.9 Å². The zero-order chi connectivity index (χ0) is 80.9. The number of rotatable bonds is 8. The average molecular weight is 1720 g/mol. The Morgan fingerprint density at radius 2 is 0.395 bits per heavy atom. The fraction of sp³-hybridized carbons (Fsp3) is 0. The van der Waals surface area contributed by atoms with Gasteiger partial charge in [-0.3, -0.25) is 0 Å². The van der Waals surface area contributed by atoms with Crippen molar-refractivity contribution < 1.29 is 20.1 Å². The Bertz CT molecular complexity index is 7470.